The van der Waals surface area contributed by atoms with Gasteiger partial charge in [0.05, 0.1) is 13.2 Å². The summed E-state index contributed by atoms with van der Waals surface area (Å²) in [6.07, 6.45) is 2.78. The lowest BCUT2D eigenvalue weighted by Gasteiger charge is -2.14. The maximum Gasteiger partial charge on any atom is 0.326 e. The van der Waals surface area contributed by atoms with E-state index in [0.717, 1.165) is 12.8 Å². The summed E-state index contributed by atoms with van der Waals surface area (Å²) in [5.74, 6) is -1.00. The standard InChI is InChI=1S/C13H26N2O5/c1-3-4-6-11(12(16)17)15-13(18)14-7-5-8-20-10-9-19-2/h11H,3-10H2,1-2H3,(H,16,17)(H2,14,15,18)/t11-/m0/s1. The molecule has 0 unspecified atom stereocenters. The van der Waals surface area contributed by atoms with Gasteiger partial charge in [0, 0.05) is 20.3 Å². The topological polar surface area (TPSA) is 96.9 Å². The van der Waals surface area contributed by atoms with E-state index < -0.39 is 18.0 Å². The van der Waals surface area contributed by atoms with Gasteiger partial charge in [0.1, 0.15) is 6.04 Å². The fraction of sp³-hybridized carbons (Fsp3) is 0.846. The summed E-state index contributed by atoms with van der Waals surface area (Å²) >= 11 is 0. The van der Waals surface area contributed by atoms with Crippen LogP contribution in [0.4, 0.5) is 4.79 Å². The zero-order valence-electron chi connectivity index (χ0n) is 12.3. The summed E-state index contributed by atoms with van der Waals surface area (Å²) in [5.41, 5.74) is 0. The Morgan fingerprint density at radius 3 is 2.55 bits per heavy atom. The van der Waals surface area contributed by atoms with Gasteiger partial charge in [-0.1, -0.05) is 19.8 Å². The average Bonchev–Trinajstić information content (AvgIpc) is 2.42. The number of unbranched alkanes of at least 4 members (excludes halogenated alkanes) is 1. The van der Waals surface area contributed by atoms with Crippen molar-refractivity contribution in [2.45, 2.75) is 38.6 Å². The number of aliphatic carboxylic acids is 1. The SMILES string of the molecule is CCCC[C@H](NC(=O)NCCCOCCOC)C(=O)O. The molecule has 0 aromatic rings. The minimum atomic E-state index is -1.00. The number of urea groups is 1. The van der Waals surface area contributed by atoms with Gasteiger partial charge in [0.2, 0.25) is 0 Å². The van der Waals surface area contributed by atoms with Gasteiger partial charge in [-0.3, -0.25) is 0 Å². The summed E-state index contributed by atoms with van der Waals surface area (Å²) in [4.78, 5) is 22.5. The molecule has 0 radical (unpaired) electrons. The van der Waals surface area contributed by atoms with Crippen LogP contribution in [0.15, 0.2) is 0 Å². The molecule has 0 bridgehead atoms. The molecule has 1 atom stereocenters. The number of ether oxygens (including phenoxy) is 2. The van der Waals surface area contributed by atoms with Gasteiger partial charge in [-0.25, -0.2) is 9.59 Å². The smallest absolute Gasteiger partial charge is 0.326 e. The van der Waals surface area contributed by atoms with Crippen LogP contribution in [0.25, 0.3) is 0 Å². The fourth-order valence-electron chi connectivity index (χ4n) is 1.50. The van der Waals surface area contributed by atoms with Crippen LogP contribution < -0.4 is 10.6 Å². The van der Waals surface area contributed by atoms with Gasteiger partial charge in [-0.05, 0) is 12.8 Å². The van der Waals surface area contributed by atoms with Crippen LogP contribution in [0, 0.1) is 0 Å². The Kier molecular flexibility index (Phi) is 11.8. The molecule has 0 aromatic heterocycles. The Labute approximate surface area is 120 Å². The highest BCUT2D eigenvalue weighted by molar-refractivity contribution is 5.82. The molecule has 0 saturated carbocycles. The lowest BCUT2D eigenvalue weighted by atomic mass is 10.1. The van der Waals surface area contributed by atoms with Crippen molar-refractivity contribution in [3.63, 3.8) is 0 Å². The first-order valence-corrected chi connectivity index (χ1v) is 6.95. The van der Waals surface area contributed by atoms with Gasteiger partial charge < -0.3 is 25.2 Å². The molecule has 0 aliphatic carbocycles. The molecule has 7 nitrogen and oxygen atoms in total. The number of carboxylic acids is 1. The Balaban J connectivity index is 3.66. The Morgan fingerprint density at radius 1 is 1.20 bits per heavy atom. The molecule has 0 spiro atoms. The second-order valence-corrected chi connectivity index (χ2v) is 4.39. The van der Waals surface area contributed by atoms with Crippen molar-refractivity contribution < 1.29 is 24.2 Å². The van der Waals surface area contributed by atoms with Crippen molar-refractivity contribution in [2.75, 3.05) is 33.5 Å². The normalized spacial score (nSPS) is 11.9. The number of rotatable bonds is 12. The maximum absolute atomic E-state index is 11.5. The Bertz CT molecular complexity index is 273. The van der Waals surface area contributed by atoms with E-state index >= 15 is 0 Å². The van der Waals surface area contributed by atoms with Crippen molar-refractivity contribution in [2.24, 2.45) is 0 Å². The maximum atomic E-state index is 11.5. The zero-order valence-corrected chi connectivity index (χ0v) is 12.3. The molecule has 0 saturated heterocycles. The van der Waals surface area contributed by atoms with E-state index in [1.54, 1.807) is 7.11 Å². The van der Waals surface area contributed by atoms with Gasteiger partial charge in [-0.15, -0.1) is 0 Å². The van der Waals surface area contributed by atoms with Crippen molar-refractivity contribution in [3.8, 4) is 0 Å². The molecular formula is C13H26N2O5. The number of nitrogens with one attached hydrogen (secondary N) is 2. The number of carbonyl (C=O) groups excluding carboxylic acids is 1. The van der Waals surface area contributed by atoms with Crippen LogP contribution in [0.1, 0.15) is 32.6 Å². The highest BCUT2D eigenvalue weighted by atomic mass is 16.5. The average molecular weight is 290 g/mol. The quantitative estimate of drug-likeness (QED) is 0.466. The zero-order chi connectivity index (χ0) is 15.2. The third-order valence-electron chi connectivity index (χ3n) is 2.63. The first kappa shape index (κ1) is 18.7. The van der Waals surface area contributed by atoms with Crippen molar-refractivity contribution >= 4 is 12.0 Å². The second-order valence-electron chi connectivity index (χ2n) is 4.39. The van der Waals surface area contributed by atoms with Gasteiger partial charge in [-0.2, -0.15) is 0 Å². The highest BCUT2D eigenvalue weighted by Crippen LogP contribution is 2.00. The van der Waals surface area contributed by atoms with E-state index in [1.807, 2.05) is 6.92 Å². The summed E-state index contributed by atoms with van der Waals surface area (Å²) in [6, 6.07) is -1.28. The number of hydrogen-bond donors (Lipinski definition) is 3. The summed E-state index contributed by atoms with van der Waals surface area (Å²) in [6.45, 7) is 4.02. The van der Waals surface area contributed by atoms with E-state index in [2.05, 4.69) is 10.6 Å². The lowest BCUT2D eigenvalue weighted by Crippen LogP contribution is -2.46. The highest BCUT2D eigenvalue weighted by Gasteiger charge is 2.18. The molecule has 2 amide bonds. The first-order valence-electron chi connectivity index (χ1n) is 6.95. The molecule has 0 fully saturated rings. The molecule has 3 N–H and O–H groups in total. The van der Waals surface area contributed by atoms with Gasteiger partial charge >= 0.3 is 12.0 Å². The molecule has 0 heterocycles. The van der Waals surface area contributed by atoms with E-state index in [-0.39, 0.29) is 0 Å². The first-order chi connectivity index (χ1) is 9.61. The van der Waals surface area contributed by atoms with Crippen molar-refractivity contribution in [1.29, 1.82) is 0 Å². The van der Waals surface area contributed by atoms with Crippen molar-refractivity contribution in [3.05, 3.63) is 0 Å². The summed E-state index contributed by atoms with van der Waals surface area (Å²) in [5, 5.41) is 14.0. The van der Waals surface area contributed by atoms with E-state index in [9.17, 15) is 9.59 Å². The van der Waals surface area contributed by atoms with Crippen LogP contribution in [-0.2, 0) is 14.3 Å². The van der Waals surface area contributed by atoms with Crippen LogP contribution in [0.2, 0.25) is 0 Å². The van der Waals surface area contributed by atoms with Crippen LogP contribution in [0.5, 0.6) is 0 Å². The Hall–Kier alpha value is -1.34. The van der Waals surface area contributed by atoms with Crippen LogP contribution in [-0.4, -0.2) is 56.6 Å². The largest absolute Gasteiger partial charge is 0.480 e. The third kappa shape index (κ3) is 10.6. The minimum absolute atomic E-state index is 0.443. The van der Waals surface area contributed by atoms with E-state index in [1.165, 1.54) is 0 Å². The number of hydrogen-bond acceptors (Lipinski definition) is 4. The number of methoxy groups -OCH3 is 1. The second kappa shape index (κ2) is 12.7. The van der Waals surface area contributed by atoms with Crippen LogP contribution >= 0.6 is 0 Å². The molecule has 0 aromatic carbocycles. The molecule has 7 heteroatoms. The van der Waals surface area contributed by atoms with E-state index in [0.29, 0.717) is 39.2 Å². The summed E-state index contributed by atoms with van der Waals surface area (Å²) < 4.78 is 10.1. The monoisotopic (exact) mass is 290 g/mol. The predicted octanol–water partition coefficient (Wildman–Crippen LogP) is 0.982. The van der Waals surface area contributed by atoms with Gasteiger partial charge in [0.15, 0.2) is 0 Å². The molecule has 0 rings (SSSR count). The molecule has 20 heavy (non-hydrogen) atoms. The van der Waals surface area contributed by atoms with E-state index in [4.69, 9.17) is 14.6 Å². The van der Waals surface area contributed by atoms with Gasteiger partial charge in [0.25, 0.3) is 0 Å². The molecule has 0 aliphatic rings. The minimum Gasteiger partial charge on any atom is -0.480 e. The lowest BCUT2D eigenvalue weighted by molar-refractivity contribution is -0.139. The predicted molar refractivity (Wildman–Crippen MR) is 74.8 cm³/mol. The molecule has 118 valence electrons. The summed E-state index contributed by atoms with van der Waals surface area (Å²) in [7, 11) is 1.60. The molecule has 0 aliphatic heterocycles. The third-order valence-corrected chi connectivity index (χ3v) is 2.63. The van der Waals surface area contributed by atoms with Crippen LogP contribution in [0.3, 0.4) is 0 Å². The fourth-order valence-corrected chi connectivity index (χ4v) is 1.50. The number of carbonyl (C=O) groups is 2. The molecular weight excluding hydrogens is 264 g/mol. The Morgan fingerprint density at radius 2 is 1.95 bits per heavy atom. The number of carboxylic acid groups (broad SMARTS) is 1. The van der Waals surface area contributed by atoms with Crippen molar-refractivity contribution in [1.82, 2.24) is 10.6 Å². The number of amides is 2.